The number of hydrogen-bond donors (Lipinski definition) is 0. The summed E-state index contributed by atoms with van der Waals surface area (Å²) in [6, 6.07) is 16.9. The molecule has 158 valence electrons. The number of aryl methyl sites for hydroxylation is 1. The summed E-state index contributed by atoms with van der Waals surface area (Å²) in [5.41, 5.74) is 3.79. The summed E-state index contributed by atoms with van der Waals surface area (Å²) in [7, 11) is 0. The van der Waals surface area contributed by atoms with Crippen LogP contribution >= 0.6 is 24.8 Å². The van der Waals surface area contributed by atoms with Crippen LogP contribution in [-0.4, -0.2) is 50.0 Å². The number of para-hydroxylation sites is 1. The minimum atomic E-state index is 0. The summed E-state index contributed by atoms with van der Waals surface area (Å²) in [6.07, 6.45) is 3.16. The van der Waals surface area contributed by atoms with Gasteiger partial charge in [0.25, 0.3) is 0 Å². The average molecular weight is 437 g/mol. The summed E-state index contributed by atoms with van der Waals surface area (Å²) in [5.74, 6) is 1.29. The van der Waals surface area contributed by atoms with Crippen molar-refractivity contribution < 1.29 is 9.53 Å². The van der Waals surface area contributed by atoms with Crippen LogP contribution in [0.4, 0.5) is 5.69 Å². The summed E-state index contributed by atoms with van der Waals surface area (Å²) in [4.78, 5) is 16.5. The van der Waals surface area contributed by atoms with Gasteiger partial charge in [-0.1, -0.05) is 24.3 Å². The Balaban J connectivity index is 0.00000150. The van der Waals surface area contributed by atoms with Crippen LogP contribution in [0.2, 0.25) is 0 Å². The largest absolute Gasteiger partial charge is 0.494 e. The Morgan fingerprint density at radius 3 is 2.38 bits per heavy atom. The minimum absolute atomic E-state index is 0. The number of hydrogen-bond acceptors (Lipinski definition) is 4. The average Bonchev–Trinajstić information content (AvgIpc) is 2.72. The quantitative estimate of drug-likeness (QED) is 0.635. The number of fused-ring (bicyclic) bond motifs is 1. The Kier molecular flexibility index (Phi) is 9.28. The fourth-order valence-electron chi connectivity index (χ4n) is 4.02. The lowest BCUT2D eigenvalue weighted by Crippen LogP contribution is -2.46. The molecule has 0 bridgehead atoms. The lowest BCUT2D eigenvalue weighted by molar-refractivity contribution is -0.118. The number of piperazine rings is 1. The maximum atomic E-state index is 11.5. The van der Waals surface area contributed by atoms with E-state index in [0.717, 1.165) is 57.9 Å². The second-order valence-corrected chi connectivity index (χ2v) is 7.51. The molecule has 2 aliphatic rings. The van der Waals surface area contributed by atoms with E-state index in [1.807, 2.05) is 6.07 Å². The van der Waals surface area contributed by atoms with Crippen LogP contribution in [0.3, 0.4) is 0 Å². The Hall–Kier alpha value is -1.75. The van der Waals surface area contributed by atoms with Crippen molar-refractivity contribution in [1.82, 2.24) is 4.90 Å². The molecule has 0 atom stereocenters. The molecule has 0 radical (unpaired) electrons. The number of benzene rings is 2. The van der Waals surface area contributed by atoms with Gasteiger partial charge in [-0.2, -0.15) is 0 Å². The highest BCUT2D eigenvalue weighted by molar-refractivity contribution is 5.85. The normalized spacial score (nSPS) is 16.4. The van der Waals surface area contributed by atoms with E-state index in [-0.39, 0.29) is 24.8 Å². The molecule has 0 N–H and O–H groups in total. The van der Waals surface area contributed by atoms with Crippen molar-refractivity contribution in [2.24, 2.45) is 0 Å². The predicted molar refractivity (Wildman–Crippen MR) is 123 cm³/mol. The van der Waals surface area contributed by atoms with Gasteiger partial charge in [0.15, 0.2) is 0 Å². The van der Waals surface area contributed by atoms with Gasteiger partial charge in [0.05, 0.1) is 6.61 Å². The van der Waals surface area contributed by atoms with Crippen LogP contribution in [0.15, 0.2) is 48.5 Å². The van der Waals surface area contributed by atoms with Crippen LogP contribution in [0, 0.1) is 0 Å². The molecule has 0 amide bonds. The zero-order valence-corrected chi connectivity index (χ0v) is 18.4. The second kappa shape index (κ2) is 11.4. The van der Waals surface area contributed by atoms with E-state index in [2.05, 4.69) is 52.3 Å². The van der Waals surface area contributed by atoms with Crippen molar-refractivity contribution in [2.75, 3.05) is 44.2 Å². The molecule has 4 nitrogen and oxygen atoms in total. The van der Waals surface area contributed by atoms with E-state index >= 15 is 0 Å². The molecule has 1 aliphatic carbocycles. The molecule has 29 heavy (non-hydrogen) atoms. The highest BCUT2D eigenvalue weighted by Crippen LogP contribution is 2.24. The third kappa shape index (κ3) is 6.36. The molecule has 4 rings (SSSR count). The number of Topliss-reactive ketones (excluding diaryl/α,β-unsaturated/α-hetero) is 1. The number of carbonyl (C=O) groups is 1. The van der Waals surface area contributed by atoms with Crippen LogP contribution in [0.1, 0.15) is 24.0 Å². The Bertz CT molecular complexity index is 778. The van der Waals surface area contributed by atoms with E-state index < -0.39 is 0 Å². The van der Waals surface area contributed by atoms with Crippen molar-refractivity contribution in [3.05, 3.63) is 59.7 Å². The van der Waals surface area contributed by atoms with E-state index in [9.17, 15) is 4.79 Å². The molecular formula is C23H30Cl2N2O2. The Morgan fingerprint density at radius 1 is 0.862 bits per heavy atom. The molecule has 1 aliphatic heterocycles. The van der Waals surface area contributed by atoms with Gasteiger partial charge in [-0.15, -0.1) is 24.8 Å². The number of ether oxygens (including phenoxy) is 1. The lowest BCUT2D eigenvalue weighted by Gasteiger charge is -2.36. The zero-order chi connectivity index (χ0) is 18.5. The van der Waals surface area contributed by atoms with Gasteiger partial charge in [-0.25, -0.2) is 0 Å². The summed E-state index contributed by atoms with van der Waals surface area (Å²) >= 11 is 0. The number of rotatable bonds is 6. The fourth-order valence-corrected chi connectivity index (χ4v) is 4.02. The van der Waals surface area contributed by atoms with E-state index in [1.165, 1.54) is 16.8 Å². The number of ketones is 1. The van der Waals surface area contributed by atoms with Crippen molar-refractivity contribution >= 4 is 36.3 Å². The molecule has 6 heteroatoms. The zero-order valence-electron chi connectivity index (χ0n) is 16.7. The first-order valence-corrected chi connectivity index (χ1v) is 10.1. The molecule has 0 saturated carbocycles. The smallest absolute Gasteiger partial charge is 0.137 e. The van der Waals surface area contributed by atoms with Gasteiger partial charge < -0.3 is 9.64 Å². The monoisotopic (exact) mass is 436 g/mol. The molecule has 1 fully saturated rings. The molecular weight excluding hydrogens is 407 g/mol. The standard InChI is InChI=1S/C23H28N2O2.2ClH/c26-22-9-7-20-18-23(10-8-19(20)17-22)27-16-4-11-24-12-14-25(15-13-24)21-5-2-1-3-6-21;;/h1-3,5-6,8,10,18H,4,7,9,11-17H2;2*1H. The maximum absolute atomic E-state index is 11.5. The highest BCUT2D eigenvalue weighted by Gasteiger charge is 2.17. The van der Waals surface area contributed by atoms with Crippen LogP contribution in [0.25, 0.3) is 0 Å². The van der Waals surface area contributed by atoms with Crippen molar-refractivity contribution in [2.45, 2.75) is 25.7 Å². The Labute approximate surface area is 186 Å². The van der Waals surface area contributed by atoms with Gasteiger partial charge in [0.1, 0.15) is 11.5 Å². The van der Waals surface area contributed by atoms with Gasteiger partial charge in [0.2, 0.25) is 0 Å². The summed E-state index contributed by atoms with van der Waals surface area (Å²) in [5, 5.41) is 0. The van der Waals surface area contributed by atoms with Crippen molar-refractivity contribution in [3.8, 4) is 5.75 Å². The second-order valence-electron chi connectivity index (χ2n) is 7.51. The van der Waals surface area contributed by atoms with Gasteiger partial charge in [-0.05, 0) is 48.2 Å². The first kappa shape index (κ1) is 23.5. The molecule has 0 aromatic heterocycles. The third-order valence-electron chi connectivity index (χ3n) is 5.62. The van der Waals surface area contributed by atoms with Crippen LogP contribution in [0.5, 0.6) is 5.75 Å². The highest BCUT2D eigenvalue weighted by atomic mass is 35.5. The number of anilines is 1. The molecule has 2 aromatic rings. The number of carbonyl (C=O) groups excluding carboxylic acids is 1. The molecule has 2 aromatic carbocycles. The number of nitrogens with zero attached hydrogens (tertiary/aromatic N) is 2. The van der Waals surface area contributed by atoms with Crippen LogP contribution in [-0.2, 0) is 17.6 Å². The SMILES string of the molecule is Cl.Cl.O=C1CCc2cc(OCCCN3CCN(c4ccccc4)CC3)ccc2C1. The molecule has 0 spiro atoms. The maximum Gasteiger partial charge on any atom is 0.137 e. The Morgan fingerprint density at radius 2 is 1.62 bits per heavy atom. The first-order chi connectivity index (χ1) is 13.3. The van der Waals surface area contributed by atoms with Crippen molar-refractivity contribution in [1.29, 1.82) is 0 Å². The third-order valence-corrected chi connectivity index (χ3v) is 5.62. The summed E-state index contributed by atoms with van der Waals surface area (Å²) in [6.45, 7) is 6.24. The van der Waals surface area contributed by atoms with E-state index in [0.29, 0.717) is 18.6 Å². The molecule has 1 heterocycles. The first-order valence-electron chi connectivity index (χ1n) is 10.1. The lowest BCUT2D eigenvalue weighted by atomic mass is 9.91. The fraction of sp³-hybridized carbons (Fsp3) is 0.435. The van der Waals surface area contributed by atoms with Gasteiger partial charge in [-0.3, -0.25) is 9.69 Å². The predicted octanol–water partition coefficient (Wildman–Crippen LogP) is 4.18. The van der Waals surface area contributed by atoms with Crippen molar-refractivity contribution in [3.63, 3.8) is 0 Å². The summed E-state index contributed by atoms with van der Waals surface area (Å²) < 4.78 is 5.96. The molecule has 0 unspecified atom stereocenters. The number of halogens is 2. The minimum Gasteiger partial charge on any atom is -0.494 e. The van der Waals surface area contributed by atoms with Gasteiger partial charge in [0, 0.05) is 51.3 Å². The van der Waals surface area contributed by atoms with E-state index in [1.54, 1.807) is 0 Å². The van der Waals surface area contributed by atoms with Crippen LogP contribution < -0.4 is 9.64 Å². The topological polar surface area (TPSA) is 32.8 Å². The van der Waals surface area contributed by atoms with E-state index in [4.69, 9.17) is 4.74 Å². The van der Waals surface area contributed by atoms with Gasteiger partial charge >= 0.3 is 0 Å². The molecule has 1 saturated heterocycles.